The van der Waals surface area contributed by atoms with Crippen molar-refractivity contribution in [2.75, 3.05) is 26.3 Å². The number of nitrogens with one attached hydrogen (secondary N) is 1. The van der Waals surface area contributed by atoms with E-state index in [0.717, 1.165) is 6.42 Å². The number of ether oxygens (including phenoxy) is 1. The summed E-state index contributed by atoms with van der Waals surface area (Å²) < 4.78 is 5.27. The summed E-state index contributed by atoms with van der Waals surface area (Å²) in [6, 6.07) is 1.34. The smallest absolute Gasteiger partial charge is 0.245 e. The van der Waals surface area contributed by atoms with E-state index in [1.807, 2.05) is 13.0 Å². The first-order valence-electron chi connectivity index (χ1n) is 6.51. The van der Waals surface area contributed by atoms with Gasteiger partial charge in [-0.25, -0.2) is 0 Å². The molecule has 0 bridgehead atoms. The molecule has 0 radical (unpaired) electrons. The Morgan fingerprint density at radius 2 is 2.21 bits per heavy atom. The van der Waals surface area contributed by atoms with E-state index in [1.165, 1.54) is 4.90 Å². The number of nitrogens with zero attached hydrogens (tertiary/aromatic N) is 2. The van der Waals surface area contributed by atoms with Gasteiger partial charge in [0, 0.05) is 13.1 Å². The fourth-order valence-corrected chi connectivity index (χ4v) is 1.84. The number of hydrogen-bond acceptors (Lipinski definition) is 4. The van der Waals surface area contributed by atoms with Gasteiger partial charge in [-0.2, -0.15) is 5.26 Å². The molecule has 1 atom stereocenters. The van der Waals surface area contributed by atoms with E-state index in [-0.39, 0.29) is 18.4 Å². The van der Waals surface area contributed by atoms with Crippen LogP contribution in [0.1, 0.15) is 27.2 Å². The fourth-order valence-electron chi connectivity index (χ4n) is 1.84. The molecule has 0 saturated carbocycles. The standard InChI is InChI=1S/C13H21N3O3/c1-4-5-15-11(17)10-8-19-7-6-16(10)12(18)13(2,3)9-14/h10H,4-8H2,1-3H3,(H,15,17). The highest BCUT2D eigenvalue weighted by Gasteiger charge is 2.39. The van der Waals surface area contributed by atoms with Gasteiger partial charge >= 0.3 is 0 Å². The molecule has 1 heterocycles. The Balaban J connectivity index is 2.81. The van der Waals surface area contributed by atoms with Crippen molar-refractivity contribution >= 4 is 11.8 Å². The first kappa shape index (κ1) is 15.4. The van der Waals surface area contributed by atoms with Crippen LogP contribution in [-0.2, 0) is 14.3 Å². The lowest BCUT2D eigenvalue weighted by Gasteiger charge is -2.37. The lowest BCUT2D eigenvalue weighted by atomic mass is 9.92. The van der Waals surface area contributed by atoms with Gasteiger partial charge in [0.25, 0.3) is 0 Å². The summed E-state index contributed by atoms with van der Waals surface area (Å²) in [6.07, 6.45) is 0.830. The minimum Gasteiger partial charge on any atom is -0.377 e. The summed E-state index contributed by atoms with van der Waals surface area (Å²) in [5.74, 6) is -0.543. The van der Waals surface area contributed by atoms with Crippen LogP contribution in [0.15, 0.2) is 0 Å². The lowest BCUT2D eigenvalue weighted by molar-refractivity contribution is -0.153. The van der Waals surface area contributed by atoms with E-state index in [9.17, 15) is 9.59 Å². The van der Waals surface area contributed by atoms with Gasteiger partial charge in [0.2, 0.25) is 11.8 Å². The van der Waals surface area contributed by atoms with Crippen LogP contribution in [0.3, 0.4) is 0 Å². The highest BCUT2D eigenvalue weighted by atomic mass is 16.5. The molecule has 6 nitrogen and oxygen atoms in total. The molecule has 0 spiro atoms. The Hall–Kier alpha value is -1.61. The summed E-state index contributed by atoms with van der Waals surface area (Å²) in [4.78, 5) is 25.8. The Bertz CT molecular complexity index is 387. The van der Waals surface area contributed by atoms with E-state index in [2.05, 4.69) is 5.32 Å². The van der Waals surface area contributed by atoms with Crippen molar-refractivity contribution in [3.63, 3.8) is 0 Å². The van der Waals surface area contributed by atoms with Crippen molar-refractivity contribution in [2.45, 2.75) is 33.2 Å². The molecule has 1 aliphatic rings. The zero-order chi connectivity index (χ0) is 14.5. The second-order valence-corrected chi connectivity index (χ2v) is 5.12. The van der Waals surface area contributed by atoms with Gasteiger partial charge in [-0.3, -0.25) is 9.59 Å². The van der Waals surface area contributed by atoms with Crippen LogP contribution in [0, 0.1) is 16.7 Å². The number of morpholine rings is 1. The Morgan fingerprint density at radius 3 is 2.79 bits per heavy atom. The van der Waals surface area contributed by atoms with Crippen LogP contribution >= 0.6 is 0 Å². The molecule has 19 heavy (non-hydrogen) atoms. The molecule has 0 aliphatic carbocycles. The van der Waals surface area contributed by atoms with Crippen LogP contribution in [0.5, 0.6) is 0 Å². The number of amides is 2. The maximum Gasteiger partial charge on any atom is 0.245 e. The first-order valence-corrected chi connectivity index (χ1v) is 6.51. The third-order valence-electron chi connectivity index (χ3n) is 3.06. The van der Waals surface area contributed by atoms with E-state index in [4.69, 9.17) is 10.00 Å². The van der Waals surface area contributed by atoms with Crippen LogP contribution in [-0.4, -0.2) is 49.1 Å². The minimum atomic E-state index is -1.12. The largest absolute Gasteiger partial charge is 0.377 e. The number of rotatable bonds is 4. The van der Waals surface area contributed by atoms with Crippen molar-refractivity contribution in [3.05, 3.63) is 0 Å². The van der Waals surface area contributed by atoms with Crippen molar-refractivity contribution < 1.29 is 14.3 Å². The van der Waals surface area contributed by atoms with Gasteiger partial charge in [0.15, 0.2) is 0 Å². The molecule has 6 heteroatoms. The molecule has 1 aliphatic heterocycles. The molecular formula is C13H21N3O3. The van der Waals surface area contributed by atoms with Gasteiger partial charge in [0.1, 0.15) is 11.5 Å². The Kier molecular flexibility index (Phi) is 5.31. The molecule has 1 fully saturated rings. The Labute approximate surface area is 113 Å². The number of carbonyl (C=O) groups excluding carboxylic acids is 2. The van der Waals surface area contributed by atoms with Crippen molar-refractivity contribution in [1.82, 2.24) is 10.2 Å². The molecule has 0 aromatic heterocycles. The zero-order valence-corrected chi connectivity index (χ0v) is 11.7. The summed E-state index contributed by atoms with van der Waals surface area (Å²) in [5.41, 5.74) is -1.12. The molecular weight excluding hydrogens is 246 g/mol. The maximum absolute atomic E-state index is 12.3. The normalized spacial score (nSPS) is 19.7. The molecule has 106 valence electrons. The fraction of sp³-hybridized carbons (Fsp3) is 0.769. The molecule has 1 unspecified atom stereocenters. The van der Waals surface area contributed by atoms with Gasteiger partial charge in [-0.15, -0.1) is 0 Å². The van der Waals surface area contributed by atoms with Crippen molar-refractivity contribution in [1.29, 1.82) is 5.26 Å². The highest BCUT2D eigenvalue weighted by molar-refractivity contribution is 5.91. The second kappa shape index (κ2) is 6.53. The van der Waals surface area contributed by atoms with Crippen molar-refractivity contribution in [2.24, 2.45) is 5.41 Å². The molecule has 0 aromatic rings. The quantitative estimate of drug-likeness (QED) is 0.793. The summed E-state index contributed by atoms with van der Waals surface area (Å²) >= 11 is 0. The predicted octanol–water partition coefficient (Wildman–Crippen LogP) is 0.290. The zero-order valence-electron chi connectivity index (χ0n) is 11.7. The molecule has 0 aromatic carbocycles. The number of carbonyl (C=O) groups is 2. The van der Waals surface area contributed by atoms with Crippen molar-refractivity contribution in [3.8, 4) is 6.07 Å². The third-order valence-corrected chi connectivity index (χ3v) is 3.06. The van der Waals surface area contributed by atoms with Gasteiger partial charge < -0.3 is 15.0 Å². The summed E-state index contributed by atoms with van der Waals surface area (Å²) in [5, 5.41) is 11.8. The van der Waals surface area contributed by atoms with Gasteiger partial charge in [0.05, 0.1) is 19.3 Å². The number of nitriles is 1. The topological polar surface area (TPSA) is 82.4 Å². The molecule has 1 N–H and O–H groups in total. The number of hydrogen-bond donors (Lipinski definition) is 1. The average Bonchev–Trinajstić information content (AvgIpc) is 2.43. The van der Waals surface area contributed by atoms with E-state index >= 15 is 0 Å². The summed E-state index contributed by atoms with van der Waals surface area (Å²) in [6.45, 7) is 6.57. The first-order chi connectivity index (χ1) is 8.94. The van der Waals surface area contributed by atoms with E-state index in [0.29, 0.717) is 19.7 Å². The Morgan fingerprint density at radius 1 is 1.53 bits per heavy atom. The third kappa shape index (κ3) is 3.67. The van der Waals surface area contributed by atoms with Crippen LogP contribution in [0.25, 0.3) is 0 Å². The van der Waals surface area contributed by atoms with Gasteiger partial charge in [-0.1, -0.05) is 6.92 Å². The minimum absolute atomic E-state index is 0.183. The van der Waals surface area contributed by atoms with Crippen LogP contribution < -0.4 is 5.32 Å². The van der Waals surface area contributed by atoms with E-state index in [1.54, 1.807) is 13.8 Å². The van der Waals surface area contributed by atoms with Gasteiger partial charge in [-0.05, 0) is 20.3 Å². The molecule has 1 saturated heterocycles. The maximum atomic E-state index is 12.3. The molecule has 2 amide bonds. The SMILES string of the molecule is CCCNC(=O)C1COCCN1C(=O)C(C)(C)C#N. The highest BCUT2D eigenvalue weighted by Crippen LogP contribution is 2.21. The summed E-state index contributed by atoms with van der Waals surface area (Å²) in [7, 11) is 0. The monoisotopic (exact) mass is 267 g/mol. The predicted molar refractivity (Wildman–Crippen MR) is 69.0 cm³/mol. The lowest BCUT2D eigenvalue weighted by Crippen LogP contribution is -2.58. The van der Waals surface area contributed by atoms with Crippen LogP contribution in [0.2, 0.25) is 0 Å². The van der Waals surface area contributed by atoms with Crippen LogP contribution in [0.4, 0.5) is 0 Å². The average molecular weight is 267 g/mol. The second-order valence-electron chi connectivity index (χ2n) is 5.12. The molecule has 1 rings (SSSR count). The van der Waals surface area contributed by atoms with E-state index < -0.39 is 11.5 Å².